The number of aliphatic carboxylic acids is 1. The summed E-state index contributed by atoms with van der Waals surface area (Å²) in [7, 11) is 0. The highest BCUT2D eigenvalue weighted by molar-refractivity contribution is 5.89. The highest BCUT2D eigenvalue weighted by Gasteiger charge is 2.34. The first kappa shape index (κ1) is 22.8. The van der Waals surface area contributed by atoms with Crippen molar-refractivity contribution in [1.82, 2.24) is 10.6 Å². The smallest absolute Gasteiger partial charge is 0.407 e. The van der Waals surface area contributed by atoms with Crippen LogP contribution in [0.4, 0.5) is 4.79 Å². The fraction of sp³-hybridized carbons (Fsp3) is 0.423. The molecule has 7 nitrogen and oxygen atoms in total. The lowest BCUT2D eigenvalue weighted by atomic mass is 9.98. The van der Waals surface area contributed by atoms with E-state index in [1.54, 1.807) is 13.8 Å². The highest BCUT2D eigenvalue weighted by Crippen LogP contribution is 2.44. The fourth-order valence-electron chi connectivity index (χ4n) is 4.47. The van der Waals surface area contributed by atoms with Crippen LogP contribution < -0.4 is 10.6 Å². The van der Waals surface area contributed by atoms with Gasteiger partial charge in [-0.05, 0) is 40.5 Å². The quantitative estimate of drug-likeness (QED) is 0.537. The van der Waals surface area contributed by atoms with Gasteiger partial charge in [-0.25, -0.2) is 9.59 Å². The molecule has 4 rings (SSSR count). The average Bonchev–Trinajstić information content (AvgIpc) is 3.56. The molecule has 2 aliphatic carbocycles. The van der Waals surface area contributed by atoms with E-state index in [0.29, 0.717) is 12.3 Å². The van der Waals surface area contributed by atoms with Gasteiger partial charge in [0.25, 0.3) is 0 Å². The van der Waals surface area contributed by atoms with E-state index in [2.05, 4.69) is 22.8 Å². The molecule has 0 heterocycles. The molecule has 0 radical (unpaired) electrons. The van der Waals surface area contributed by atoms with Crippen LogP contribution in [0.25, 0.3) is 11.1 Å². The van der Waals surface area contributed by atoms with E-state index in [1.165, 1.54) is 0 Å². The molecule has 2 aromatic carbocycles. The van der Waals surface area contributed by atoms with Crippen molar-refractivity contribution in [2.24, 2.45) is 11.8 Å². The molecule has 0 bridgehead atoms. The molecule has 2 aliphatic rings. The zero-order valence-corrected chi connectivity index (χ0v) is 18.9. The second kappa shape index (κ2) is 9.65. The van der Waals surface area contributed by atoms with E-state index < -0.39 is 30.1 Å². The predicted octanol–water partition coefficient (Wildman–Crippen LogP) is 3.92. The molecule has 174 valence electrons. The lowest BCUT2D eigenvalue weighted by Gasteiger charge is -2.24. The number of hydrogen-bond acceptors (Lipinski definition) is 4. The zero-order chi connectivity index (χ0) is 23.5. The molecule has 7 heteroatoms. The van der Waals surface area contributed by atoms with Crippen molar-refractivity contribution in [3.8, 4) is 11.1 Å². The van der Waals surface area contributed by atoms with Crippen molar-refractivity contribution in [2.75, 3.05) is 6.61 Å². The van der Waals surface area contributed by atoms with Crippen molar-refractivity contribution >= 4 is 18.0 Å². The van der Waals surface area contributed by atoms with E-state index in [-0.39, 0.29) is 18.4 Å². The number of carboxylic acid groups (broad SMARTS) is 1. The molecule has 33 heavy (non-hydrogen) atoms. The number of carbonyl (C=O) groups excluding carboxylic acids is 2. The molecule has 2 atom stereocenters. The van der Waals surface area contributed by atoms with Crippen LogP contribution in [0, 0.1) is 11.8 Å². The predicted molar refractivity (Wildman–Crippen MR) is 124 cm³/mol. The highest BCUT2D eigenvalue weighted by atomic mass is 16.5. The number of fused-ring (bicyclic) bond motifs is 3. The minimum absolute atomic E-state index is 0.0793. The van der Waals surface area contributed by atoms with Crippen molar-refractivity contribution in [3.63, 3.8) is 0 Å². The molecule has 1 fully saturated rings. The standard InChI is InChI=1S/C26H30N2O5/c1-15(2)23(24(29)27-22(25(30)31)13-16-11-12-16)28-26(32)33-14-21-19-9-5-3-7-17(19)18-8-4-6-10-20(18)21/h3-10,15-16,21-23H,11-14H2,1-2H3,(H,27,29)(H,28,32)(H,30,31)/t22-,23-/m0/s1. The summed E-state index contributed by atoms with van der Waals surface area (Å²) in [6, 6.07) is 14.3. The molecule has 0 aromatic heterocycles. The Hall–Kier alpha value is -3.35. The Kier molecular flexibility index (Phi) is 6.67. The van der Waals surface area contributed by atoms with Crippen LogP contribution in [0.5, 0.6) is 0 Å². The lowest BCUT2D eigenvalue weighted by molar-refractivity contribution is -0.142. The van der Waals surface area contributed by atoms with Crippen molar-refractivity contribution in [3.05, 3.63) is 59.7 Å². The van der Waals surface area contributed by atoms with E-state index in [9.17, 15) is 19.5 Å². The first-order valence-corrected chi connectivity index (χ1v) is 11.5. The third-order valence-electron chi connectivity index (χ3n) is 6.45. The van der Waals surface area contributed by atoms with E-state index in [4.69, 9.17) is 4.74 Å². The normalized spacial score (nSPS) is 16.5. The molecule has 0 aliphatic heterocycles. The third kappa shape index (κ3) is 5.18. The van der Waals surface area contributed by atoms with Gasteiger partial charge in [0.1, 0.15) is 18.7 Å². The van der Waals surface area contributed by atoms with Crippen LogP contribution >= 0.6 is 0 Å². The molecule has 0 spiro atoms. The maximum absolute atomic E-state index is 12.8. The molecular weight excluding hydrogens is 420 g/mol. The molecule has 0 unspecified atom stereocenters. The van der Waals surface area contributed by atoms with E-state index in [1.807, 2.05) is 36.4 Å². The van der Waals surface area contributed by atoms with Crippen molar-refractivity contribution in [1.29, 1.82) is 0 Å². The molecule has 3 N–H and O–H groups in total. The van der Waals surface area contributed by atoms with Crippen LogP contribution in [-0.4, -0.2) is 41.8 Å². The Morgan fingerprint density at radius 3 is 2.06 bits per heavy atom. The summed E-state index contributed by atoms with van der Waals surface area (Å²) in [4.78, 5) is 36.9. The largest absolute Gasteiger partial charge is 0.480 e. The van der Waals surface area contributed by atoms with Crippen molar-refractivity contribution < 1.29 is 24.2 Å². The molecule has 1 saturated carbocycles. The summed E-state index contributed by atoms with van der Waals surface area (Å²) in [6.45, 7) is 3.74. The van der Waals surface area contributed by atoms with Gasteiger partial charge in [0.15, 0.2) is 0 Å². The summed E-state index contributed by atoms with van der Waals surface area (Å²) in [5.74, 6) is -1.53. The van der Waals surface area contributed by atoms with Gasteiger partial charge in [-0.15, -0.1) is 0 Å². The first-order valence-electron chi connectivity index (χ1n) is 11.5. The van der Waals surface area contributed by atoms with Crippen LogP contribution in [0.3, 0.4) is 0 Å². The Balaban J connectivity index is 1.38. The minimum atomic E-state index is -1.06. The number of benzene rings is 2. The van der Waals surface area contributed by atoms with Crippen LogP contribution in [-0.2, 0) is 14.3 Å². The fourth-order valence-corrected chi connectivity index (χ4v) is 4.47. The Morgan fingerprint density at radius 2 is 1.55 bits per heavy atom. The van der Waals surface area contributed by atoms with Crippen LogP contribution in [0.15, 0.2) is 48.5 Å². The monoisotopic (exact) mass is 450 g/mol. The van der Waals surface area contributed by atoms with Gasteiger partial charge in [-0.1, -0.05) is 75.2 Å². The van der Waals surface area contributed by atoms with E-state index >= 15 is 0 Å². The van der Waals surface area contributed by atoms with E-state index in [0.717, 1.165) is 35.1 Å². The van der Waals surface area contributed by atoms with Gasteiger partial charge in [0.05, 0.1) is 0 Å². The van der Waals surface area contributed by atoms with Gasteiger partial charge in [-0.2, -0.15) is 0 Å². The van der Waals surface area contributed by atoms with Gasteiger partial charge >= 0.3 is 12.1 Å². The molecular formula is C26H30N2O5. The Morgan fingerprint density at radius 1 is 0.970 bits per heavy atom. The molecule has 0 saturated heterocycles. The maximum Gasteiger partial charge on any atom is 0.407 e. The maximum atomic E-state index is 12.8. The Labute approximate surface area is 193 Å². The SMILES string of the molecule is CC(C)[C@H](NC(=O)OCC1c2ccccc2-c2ccccc21)C(=O)N[C@@H](CC1CC1)C(=O)O. The Bertz CT molecular complexity index is 1000. The molecule has 2 aromatic rings. The van der Waals surface area contributed by atoms with Gasteiger partial charge in [0, 0.05) is 5.92 Å². The second-order valence-corrected chi connectivity index (χ2v) is 9.27. The first-order chi connectivity index (χ1) is 15.8. The second-order valence-electron chi connectivity index (χ2n) is 9.27. The summed E-state index contributed by atoms with van der Waals surface area (Å²) in [5, 5.41) is 14.7. The number of ether oxygens (including phenoxy) is 1. The van der Waals surface area contributed by atoms with Gasteiger partial charge in [-0.3, -0.25) is 4.79 Å². The lowest BCUT2D eigenvalue weighted by Crippen LogP contribution is -2.54. The van der Waals surface area contributed by atoms with Crippen LogP contribution in [0.2, 0.25) is 0 Å². The third-order valence-corrected chi connectivity index (χ3v) is 6.45. The number of hydrogen-bond donors (Lipinski definition) is 3. The number of carboxylic acids is 1. The number of rotatable bonds is 9. The van der Waals surface area contributed by atoms with Crippen LogP contribution in [0.1, 0.15) is 50.2 Å². The average molecular weight is 451 g/mol. The summed E-state index contributed by atoms with van der Waals surface area (Å²) in [5.41, 5.74) is 4.48. The van der Waals surface area contributed by atoms with Gasteiger partial charge in [0.2, 0.25) is 5.91 Å². The topological polar surface area (TPSA) is 105 Å². The number of nitrogens with one attached hydrogen (secondary N) is 2. The summed E-state index contributed by atoms with van der Waals surface area (Å²) in [6.07, 6.45) is 1.70. The molecule has 2 amide bonds. The van der Waals surface area contributed by atoms with Crippen molar-refractivity contribution in [2.45, 2.75) is 51.1 Å². The summed E-state index contributed by atoms with van der Waals surface area (Å²) >= 11 is 0. The zero-order valence-electron chi connectivity index (χ0n) is 18.9. The number of amides is 2. The minimum Gasteiger partial charge on any atom is -0.480 e. The number of carbonyl (C=O) groups is 3. The van der Waals surface area contributed by atoms with Gasteiger partial charge < -0.3 is 20.5 Å². The summed E-state index contributed by atoms with van der Waals surface area (Å²) < 4.78 is 5.55. The number of alkyl carbamates (subject to hydrolysis) is 1.